The van der Waals surface area contributed by atoms with Crippen LogP contribution in [-0.2, 0) is 6.54 Å². The van der Waals surface area contributed by atoms with Crippen LogP contribution in [0.4, 0.5) is 17.5 Å². The van der Waals surface area contributed by atoms with E-state index >= 15 is 0 Å². The zero-order chi connectivity index (χ0) is 24.9. The van der Waals surface area contributed by atoms with Gasteiger partial charge in [0.15, 0.2) is 0 Å². The molecule has 5 heterocycles. The van der Waals surface area contributed by atoms with Crippen LogP contribution in [0.15, 0.2) is 55.5 Å². The van der Waals surface area contributed by atoms with Gasteiger partial charge in [0.25, 0.3) is 0 Å². The van der Waals surface area contributed by atoms with E-state index in [4.69, 9.17) is 0 Å². The van der Waals surface area contributed by atoms with E-state index in [0.717, 1.165) is 75.0 Å². The maximum absolute atomic E-state index is 9.77. The Balaban J connectivity index is 1.26. The number of hydrogen-bond acceptors (Lipinski definition) is 9. The van der Waals surface area contributed by atoms with Gasteiger partial charge >= 0.3 is 0 Å². The Hall–Kier alpha value is -3.87. The van der Waals surface area contributed by atoms with Gasteiger partial charge in [0.2, 0.25) is 5.95 Å². The number of nitrogens with one attached hydrogen (secondary N) is 1. The summed E-state index contributed by atoms with van der Waals surface area (Å²) in [4.78, 5) is 25.2. The minimum Gasteiger partial charge on any atom is -0.355 e. The molecule has 2 fully saturated rings. The topological polar surface area (TPSA) is 97.1 Å². The molecule has 2 aliphatic rings. The van der Waals surface area contributed by atoms with E-state index in [2.05, 4.69) is 59.6 Å². The van der Waals surface area contributed by atoms with Crippen LogP contribution in [0.2, 0.25) is 0 Å². The van der Waals surface area contributed by atoms with Crippen LogP contribution in [0.1, 0.15) is 17.7 Å². The molecule has 5 rings (SSSR count). The molecule has 1 unspecified atom stereocenters. The molecule has 2 aliphatic heterocycles. The fourth-order valence-corrected chi connectivity index (χ4v) is 4.64. The Bertz CT molecular complexity index is 1240. The third kappa shape index (κ3) is 5.51. The van der Waals surface area contributed by atoms with Gasteiger partial charge in [0.05, 0.1) is 28.8 Å². The summed E-state index contributed by atoms with van der Waals surface area (Å²) < 4.78 is 0. The van der Waals surface area contributed by atoms with E-state index in [9.17, 15) is 5.26 Å². The van der Waals surface area contributed by atoms with Crippen LogP contribution >= 0.6 is 0 Å². The minimum absolute atomic E-state index is 0.434. The van der Waals surface area contributed by atoms with Crippen molar-refractivity contribution in [1.29, 1.82) is 5.26 Å². The van der Waals surface area contributed by atoms with Gasteiger partial charge in [-0.2, -0.15) is 5.26 Å². The average molecular weight is 482 g/mol. The molecule has 1 atom stereocenters. The van der Waals surface area contributed by atoms with Gasteiger partial charge in [-0.15, -0.1) is 6.58 Å². The summed E-state index contributed by atoms with van der Waals surface area (Å²) in [5.74, 6) is 1.63. The lowest BCUT2D eigenvalue weighted by Crippen LogP contribution is -2.43. The van der Waals surface area contributed by atoms with E-state index < -0.39 is 0 Å². The Morgan fingerprint density at radius 3 is 2.69 bits per heavy atom. The molecule has 9 nitrogen and oxygen atoms in total. The highest BCUT2D eigenvalue weighted by Gasteiger charge is 2.23. The van der Waals surface area contributed by atoms with Gasteiger partial charge < -0.3 is 15.1 Å². The fourth-order valence-electron chi connectivity index (χ4n) is 4.64. The second-order valence-electron chi connectivity index (χ2n) is 9.45. The maximum atomic E-state index is 9.77. The lowest BCUT2D eigenvalue weighted by atomic mass is 10.1. The van der Waals surface area contributed by atoms with Gasteiger partial charge in [0.1, 0.15) is 11.9 Å². The summed E-state index contributed by atoms with van der Waals surface area (Å²) in [6.45, 7) is 10.8. The molecule has 9 heteroatoms. The van der Waals surface area contributed by atoms with Gasteiger partial charge in [0, 0.05) is 63.8 Å². The summed E-state index contributed by atoms with van der Waals surface area (Å²) in [6.07, 6.45) is 8.31. The molecule has 1 N–H and O–H groups in total. The molecule has 0 aromatic carbocycles. The first kappa shape index (κ1) is 23.9. The van der Waals surface area contributed by atoms with E-state index in [1.165, 1.54) is 0 Å². The number of hydrogen-bond donors (Lipinski definition) is 1. The Morgan fingerprint density at radius 1 is 1.11 bits per heavy atom. The smallest absolute Gasteiger partial charge is 0.227 e. The molecule has 0 saturated carbocycles. The highest BCUT2D eigenvalue weighted by Crippen LogP contribution is 2.28. The van der Waals surface area contributed by atoms with Crippen molar-refractivity contribution in [1.82, 2.24) is 29.7 Å². The second-order valence-corrected chi connectivity index (χ2v) is 9.45. The summed E-state index contributed by atoms with van der Waals surface area (Å²) in [7, 11) is 2.16. The van der Waals surface area contributed by atoms with Crippen molar-refractivity contribution in [3.8, 4) is 17.3 Å². The monoisotopic (exact) mass is 481 g/mol. The van der Waals surface area contributed by atoms with E-state index in [0.29, 0.717) is 23.1 Å². The zero-order valence-electron chi connectivity index (χ0n) is 20.6. The quantitative estimate of drug-likeness (QED) is 0.510. The molecule has 0 spiro atoms. The molecule has 0 aliphatic carbocycles. The van der Waals surface area contributed by atoms with Crippen molar-refractivity contribution in [3.05, 3.63) is 66.8 Å². The first-order valence-corrected chi connectivity index (χ1v) is 12.3. The molecule has 0 bridgehead atoms. The average Bonchev–Trinajstić information content (AvgIpc) is 3.40. The SMILES string of the molecule is C=CC1CCN(c2ncc(-c3ccnc(Nc4ccc(CN5CCN(C)CC5)nc4)n3)cc2C#N)C1. The van der Waals surface area contributed by atoms with Crippen LogP contribution in [-0.4, -0.2) is 76.1 Å². The number of rotatable bonds is 7. The number of nitrogens with zero attached hydrogens (tertiary/aromatic N) is 8. The third-order valence-electron chi connectivity index (χ3n) is 6.86. The first-order chi connectivity index (χ1) is 17.6. The van der Waals surface area contributed by atoms with Crippen molar-refractivity contribution in [3.63, 3.8) is 0 Å². The number of anilines is 3. The lowest BCUT2D eigenvalue weighted by Gasteiger charge is -2.32. The molecular weight excluding hydrogens is 450 g/mol. The minimum atomic E-state index is 0.434. The van der Waals surface area contributed by atoms with Crippen molar-refractivity contribution in [2.45, 2.75) is 13.0 Å². The molecule has 36 heavy (non-hydrogen) atoms. The highest BCUT2D eigenvalue weighted by molar-refractivity contribution is 5.67. The lowest BCUT2D eigenvalue weighted by molar-refractivity contribution is 0.147. The van der Waals surface area contributed by atoms with Gasteiger partial charge in [-0.25, -0.2) is 15.0 Å². The van der Waals surface area contributed by atoms with E-state index in [1.807, 2.05) is 36.5 Å². The van der Waals surface area contributed by atoms with Crippen molar-refractivity contribution < 1.29 is 0 Å². The van der Waals surface area contributed by atoms with Crippen LogP contribution in [0.3, 0.4) is 0 Å². The van der Waals surface area contributed by atoms with Crippen LogP contribution in [0.5, 0.6) is 0 Å². The maximum Gasteiger partial charge on any atom is 0.227 e. The number of nitriles is 1. The Labute approximate surface area is 212 Å². The molecule has 3 aromatic heterocycles. The predicted octanol–water partition coefficient (Wildman–Crippen LogP) is 3.31. The number of likely N-dealkylation sites (N-methyl/N-ethyl adjacent to an activating group) is 1. The standard InChI is InChI=1S/C27H31N9/c1-3-20-7-9-36(18-20)26-21(15-28)14-22(16-31-26)25-6-8-29-27(33-25)32-23-4-5-24(30-17-23)19-35-12-10-34(2)11-13-35/h3-6,8,14,16-17,20H,1,7,9-13,18-19H2,2H3,(H,29,32,33). The van der Waals surface area contributed by atoms with Crippen molar-refractivity contribution in [2.75, 3.05) is 56.5 Å². The normalized spacial score (nSPS) is 18.7. The van der Waals surface area contributed by atoms with Gasteiger partial charge in [-0.05, 0) is 43.7 Å². The highest BCUT2D eigenvalue weighted by atomic mass is 15.2. The van der Waals surface area contributed by atoms with Crippen LogP contribution in [0, 0.1) is 17.2 Å². The summed E-state index contributed by atoms with van der Waals surface area (Å²) in [6, 6.07) is 10.0. The summed E-state index contributed by atoms with van der Waals surface area (Å²) in [5, 5.41) is 13.0. The van der Waals surface area contributed by atoms with Crippen LogP contribution in [0.25, 0.3) is 11.3 Å². The first-order valence-electron chi connectivity index (χ1n) is 12.3. The largest absolute Gasteiger partial charge is 0.355 e. The van der Waals surface area contributed by atoms with E-state index in [1.54, 1.807) is 12.4 Å². The fraction of sp³-hybridized carbons (Fsp3) is 0.370. The molecule has 3 aromatic rings. The molecule has 0 radical (unpaired) electrons. The van der Waals surface area contributed by atoms with Gasteiger partial charge in [-0.3, -0.25) is 9.88 Å². The molecule has 2 saturated heterocycles. The van der Waals surface area contributed by atoms with E-state index in [-0.39, 0.29) is 0 Å². The number of piperazine rings is 1. The Morgan fingerprint density at radius 2 is 1.97 bits per heavy atom. The number of pyridine rings is 2. The van der Waals surface area contributed by atoms with Crippen molar-refractivity contribution >= 4 is 17.5 Å². The Kier molecular flexibility index (Phi) is 7.16. The summed E-state index contributed by atoms with van der Waals surface area (Å²) in [5.41, 5.74) is 3.90. The van der Waals surface area contributed by atoms with Crippen LogP contribution < -0.4 is 10.2 Å². The van der Waals surface area contributed by atoms with Gasteiger partial charge in [-0.1, -0.05) is 6.08 Å². The third-order valence-corrected chi connectivity index (χ3v) is 6.86. The predicted molar refractivity (Wildman–Crippen MR) is 141 cm³/mol. The molecular formula is C27H31N9. The molecule has 184 valence electrons. The number of aromatic nitrogens is 4. The molecule has 0 amide bonds. The van der Waals surface area contributed by atoms with Crippen molar-refractivity contribution in [2.24, 2.45) is 5.92 Å². The second kappa shape index (κ2) is 10.8. The zero-order valence-corrected chi connectivity index (χ0v) is 20.6. The summed E-state index contributed by atoms with van der Waals surface area (Å²) >= 11 is 0.